The van der Waals surface area contributed by atoms with Crippen LogP contribution in [-0.2, 0) is 13.1 Å². The molecule has 0 aliphatic rings. The van der Waals surface area contributed by atoms with Gasteiger partial charge < -0.3 is 5.11 Å². The van der Waals surface area contributed by atoms with Crippen LogP contribution in [-0.4, -0.2) is 26.7 Å². The SMILES string of the molecule is O=c1n(CCO)c2ccccc2n1CCCl. The Balaban J connectivity index is 2.70. The summed E-state index contributed by atoms with van der Waals surface area (Å²) in [6.45, 7) is 0.753. The lowest BCUT2D eigenvalue weighted by atomic mass is 10.3. The van der Waals surface area contributed by atoms with Crippen molar-refractivity contribution in [1.29, 1.82) is 0 Å². The van der Waals surface area contributed by atoms with Crippen LogP contribution in [0.4, 0.5) is 0 Å². The Morgan fingerprint density at radius 3 is 2.19 bits per heavy atom. The predicted octanol–water partition coefficient (Wildman–Crippen LogP) is 1.03. The number of halogens is 1. The van der Waals surface area contributed by atoms with E-state index in [9.17, 15) is 4.79 Å². The third-order valence-corrected chi connectivity index (χ3v) is 2.73. The first-order valence-corrected chi connectivity index (χ1v) is 5.68. The molecule has 2 rings (SSSR count). The lowest BCUT2D eigenvalue weighted by molar-refractivity contribution is 0.275. The molecule has 16 heavy (non-hydrogen) atoms. The van der Waals surface area contributed by atoms with Crippen molar-refractivity contribution < 1.29 is 5.11 Å². The maximum absolute atomic E-state index is 12.0. The zero-order valence-electron chi connectivity index (χ0n) is 8.77. The number of hydrogen-bond acceptors (Lipinski definition) is 2. The molecule has 0 bridgehead atoms. The molecule has 0 saturated carbocycles. The van der Waals surface area contributed by atoms with Gasteiger partial charge in [-0.2, -0.15) is 0 Å². The van der Waals surface area contributed by atoms with Gasteiger partial charge in [0.05, 0.1) is 24.2 Å². The first kappa shape index (κ1) is 11.2. The fourth-order valence-corrected chi connectivity index (χ4v) is 2.06. The van der Waals surface area contributed by atoms with Crippen molar-refractivity contribution in [2.45, 2.75) is 13.1 Å². The normalized spacial score (nSPS) is 11.1. The van der Waals surface area contributed by atoms with Crippen LogP contribution in [0.15, 0.2) is 29.1 Å². The Hall–Kier alpha value is -1.26. The van der Waals surface area contributed by atoms with Gasteiger partial charge in [0.15, 0.2) is 0 Å². The molecule has 0 fully saturated rings. The summed E-state index contributed by atoms with van der Waals surface area (Å²) in [5.41, 5.74) is 1.59. The standard InChI is InChI=1S/C11H13ClN2O2/c12-5-6-13-9-3-1-2-4-10(9)14(7-8-15)11(13)16/h1-4,15H,5-8H2. The summed E-state index contributed by atoms with van der Waals surface area (Å²) in [5.74, 6) is 0.396. The monoisotopic (exact) mass is 240 g/mol. The highest BCUT2D eigenvalue weighted by Crippen LogP contribution is 2.12. The molecule has 0 saturated heterocycles. The second-order valence-corrected chi connectivity index (χ2v) is 3.87. The van der Waals surface area contributed by atoms with Crippen molar-refractivity contribution >= 4 is 22.6 Å². The van der Waals surface area contributed by atoms with Gasteiger partial charge in [0.1, 0.15) is 0 Å². The van der Waals surface area contributed by atoms with E-state index in [1.165, 1.54) is 0 Å². The van der Waals surface area contributed by atoms with Gasteiger partial charge in [0.2, 0.25) is 0 Å². The van der Waals surface area contributed by atoms with E-state index in [0.717, 1.165) is 11.0 Å². The highest BCUT2D eigenvalue weighted by molar-refractivity contribution is 6.17. The van der Waals surface area contributed by atoms with Gasteiger partial charge in [0, 0.05) is 12.4 Å². The van der Waals surface area contributed by atoms with Crippen molar-refractivity contribution in [3.8, 4) is 0 Å². The number of aliphatic hydroxyl groups excluding tert-OH is 1. The number of fused-ring (bicyclic) bond motifs is 1. The minimum atomic E-state index is -0.115. The Morgan fingerprint density at radius 2 is 1.69 bits per heavy atom. The van der Waals surface area contributed by atoms with Crippen LogP contribution in [0.5, 0.6) is 0 Å². The van der Waals surface area contributed by atoms with E-state index in [2.05, 4.69) is 0 Å². The molecule has 4 nitrogen and oxygen atoms in total. The molecule has 1 heterocycles. The number of benzene rings is 1. The van der Waals surface area contributed by atoms with E-state index >= 15 is 0 Å². The third kappa shape index (κ3) is 1.74. The number of alkyl halides is 1. The van der Waals surface area contributed by atoms with Crippen LogP contribution in [0.25, 0.3) is 11.0 Å². The second kappa shape index (κ2) is 4.72. The summed E-state index contributed by atoms with van der Waals surface area (Å²) in [4.78, 5) is 12.0. The number of para-hydroxylation sites is 2. The first-order valence-electron chi connectivity index (χ1n) is 5.14. The van der Waals surface area contributed by atoms with Crippen molar-refractivity contribution in [1.82, 2.24) is 9.13 Å². The molecular formula is C11H13ClN2O2. The quantitative estimate of drug-likeness (QED) is 0.812. The molecule has 1 aromatic heterocycles. The lowest BCUT2D eigenvalue weighted by Gasteiger charge is -1.98. The average Bonchev–Trinajstić information content (AvgIpc) is 2.56. The molecule has 0 atom stereocenters. The van der Waals surface area contributed by atoms with Crippen LogP contribution in [0, 0.1) is 0 Å². The van der Waals surface area contributed by atoms with Crippen molar-refractivity contribution in [3.63, 3.8) is 0 Å². The zero-order chi connectivity index (χ0) is 11.5. The number of hydrogen-bond donors (Lipinski definition) is 1. The number of aromatic nitrogens is 2. The van der Waals surface area contributed by atoms with Gasteiger partial charge in [-0.25, -0.2) is 4.79 Å². The summed E-state index contributed by atoms with van der Waals surface area (Å²) in [6, 6.07) is 7.52. The van der Waals surface area contributed by atoms with Gasteiger partial charge in [-0.1, -0.05) is 12.1 Å². The molecule has 1 aromatic carbocycles. The Labute approximate surface area is 97.7 Å². The molecule has 0 aliphatic heterocycles. The average molecular weight is 241 g/mol. The van der Waals surface area contributed by atoms with Crippen LogP contribution in [0.2, 0.25) is 0 Å². The fraction of sp³-hybridized carbons (Fsp3) is 0.364. The Kier molecular flexibility index (Phi) is 3.31. The predicted molar refractivity (Wildman–Crippen MR) is 64.0 cm³/mol. The Morgan fingerprint density at radius 1 is 1.12 bits per heavy atom. The topological polar surface area (TPSA) is 47.2 Å². The van der Waals surface area contributed by atoms with E-state index in [0.29, 0.717) is 19.0 Å². The number of rotatable bonds is 4. The van der Waals surface area contributed by atoms with E-state index in [4.69, 9.17) is 16.7 Å². The number of nitrogens with zero attached hydrogens (tertiary/aromatic N) is 2. The minimum Gasteiger partial charge on any atom is -0.395 e. The maximum Gasteiger partial charge on any atom is 0.329 e. The van der Waals surface area contributed by atoms with Gasteiger partial charge >= 0.3 is 5.69 Å². The van der Waals surface area contributed by atoms with Crippen molar-refractivity contribution in [3.05, 3.63) is 34.7 Å². The van der Waals surface area contributed by atoms with Crippen LogP contribution >= 0.6 is 11.6 Å². The molecule has 5 heteroatoms. The van der Waals surface area contributed by atoms with E-state index < -0.39 is 0 Å². The molecule has 1 N–H and O–H groups in total. The molecule has 86 valence electrons. The van der Waals surface area contributed by atoms with Gasteiger partial charge in [-0.15, -0.1) is 11.6 Å². The number of aryl methyl sites for hydroxylation is 1. The Bertz CT molecular complexity index is 498. The molecule has 2 aromatic rings. The minimum absolute atomic E-state index is 0.0468. The summed E-state index contributed by atoms with van der Waals surface area (Å²) in [7, 11) is 0. The van der Waals surface area contributed by atoms with Crippen LogP contribution in [0.1, 0.15) is 0 Å². The smallest absolute Gasteiger partial charge is 0.329 e. The largest absolute Gasteiger partial charge is 0.395 e. The second-order valence-electron chi connectivity index (χ2n) is 3.49. The maximum atomic E-state index is 12.0. The fourth-order valence-electron chi connectivity index (χ4n) is 1.89. The third-order valence-electron chi connectivity index (χ3n) is 2.56. The summed E-state index contributed by atoms with van der Waals surface area (Å²) in [5, 5.41) is 8.95. The summed E-state index contributed by atoms with van der Waals surface area (Å²) in [6.07, 6.45) is 0. The molecule has 0 radical (unpaired) electrons. The van der Waals surface area contributed by atoms with E-state index in [1.807, 2.05) is 24.3 Å². The summed E-state index contributed by atoms with van der Waals surface area (Å²) >= 11 is 5.68. The van der Waals surface area contributed by atoms with E-state index in [-0.39, 0.29) is 12.3 Å². The molecule has 0 amide bonds. The molecule has 0 aliphatic carbocycles. The molecule has 0 spiro atoms. The first-order chi connectivity index (χ1) is 7.79. The highest BCUT2D eigenvalue weighted by Gasteiger charge is 2.11. The van der Waals surface area contributed by atoms with Gasteiger partial charge in [-0.05, 0) is 12.1 Å². The van der Waals surface area contributed by atoms with Crippen molar-refractivity contribution in [2.24, 2.45) is 0 Å². The van der Waals surface area contributed by atoms with Crippen LogP contribution in [0.3, 0.4) is 0 Å². The van der Waals surface area contributed by atoms with Gasteiger partial charge in [0.25, 0.3) is 0 Å². The number of imidazole rings is 1. The highest BCUT2D eigenvalue weighted by atomic mass is 35.5. The van der Waals surface area contributed by atoms with E-state index in [1.54, 1.807) is 9.13 Å². The lowest BCUT2D eigenvalue weighted by Crippen LogP contribution is -2.25. The van der Waals surface area contributed by atoms with Crippen molar-refractivity contribution in [2.75, 3.05) is 12.5 Å². The molecular weight excluding hydrogens is 228 g/mol. The summed E-state index contributed by atoms with van der Waals surface area (Å²) < 4.78 is 3.21. The van der Waals surface area contributed by atoms with Crippen LogP contribution < -0.4 is 5.69 Å². The zero-order valence-corrected chi connectivity index (χ0v) is 9.52. The number of aliphatic hydroxyl groups is 1. The van der Waals surface area contributed by atoms with Gasteiger partial charge in [-0.3, -0.25) is 9.13 Å². The molecule has 0 unspecified atom stereocenters.